The molecule has 68 valence electrons. The molecule has 2 N–H and O–H groups in total. The summed E-state index contributed by atoms with van der Waals surface area (Å²) in [7, 11) is 1.50. The Bertz CT molecular complexity index is 204. The number of aliphatic carboxylic acids is 1. The highest BCUT2D eigenvalue weighted by Gasteiger charge is 2.33. The topological polar surface area (TPSA) is 75.6 Å². The van der Waals surface area contributed by atoms with E-state index in [0.717, 1.165) is 0 Å². The van der Waals surface area contributed by atoms with Gasteiger partial charge >= 0.3 is 5.97 Å². The number of amides is 1. The maximum Gasteiger partial charge on any atom is 0.332 e. The van der Waals surface area contributed by atoms with Crippen molar-refractivity contribution in [2.45, 2.75) is 25.0 Å². The lowest BCUT2D eigenvalue weighted by Gasteiger charge is -2.08. The van der Waals surface area contributed by atoms with Crippen molar-refractivity contribution in [3.63, 3.8) is 0 Å². The SMILES string of the molecule is CNC(=O)[C@H]1CC[C@@H](C(=O)O)O1. The molecule has 1 aliphatic rings. The Kier molecular flexibility index (Phi) is 2.65. The Balaban J connectivity index is 2.45. The third-order valence-electron chi connectivity index (χ3n) is 1.83. The zero-order valence-corrected chi connectivity index (χ0v) is 6.74. The molecule has 0 aromatic heterocycles. The first-order chi connectivity index (χ1) is 5.65. The third kappa shape index (κ3) is 1.73. The Morgan fingerprint density at radius 3 is 2.42 bits per heavy atom. The predicted octanol–water partition coefficient (Wildman–Crippen LogP) is -0.635. The van der Waals surface area contributed by atoms with Gasteiger partial charge in [-0.2, -0.15) is 0 Å². The number of ether oxygens (including phenoxy) is 1. The van der Waals surface area contributed by atoms with Crippen molar-refractivity contribution in [1.29, 1.82) is 0 Å². The van der Waals surface area contributed by atoms with Gasteiger partial charge in [-0.25, -0.2) is 4.79 Å². The standard InChI is InChI=1S/C7H11NO4/c1-8-6(9)4-2-3-5(12-4)7(10)11/h4-5H,2-3H2,1H3,(H,8,9)(H,10,11)/t4-,5+/m1/s1. The van der Waals surface area contributed by atoms with Gasteiger partial charge in [0.05, 0.1) is 0 Å². The third-order valence-corrected chi connectivity index (χ3v) is 1.83. The first kappa shape index (κ1) is 8.99. The number of likely N-dealkylation sites (N-methyl/N-ethyl adjacent to an activating group) is 1. The molecule has 5 heteroatoms. The number of hydrogen-bond donors (Lipinski definition) is 2. The summed E-state index contributed by atoms with van der Waals surface area (Å²) < 4.78 is 4.96. The maximum absolute atomic E-state index is 11.0. The zero-order valence-electron chi connectivity index (χ0n) is 6.74. The molecule has 1 fully saturated rings. The fourth-order valence-electron chi connectivity index (χ4n) is 1.17. The van der Waals surface area contributed by atoms with Crippen LogP contribution in [0.3, 0.4) is 0 Å². The van der Waals surface area contributed by atoms with Gasteiger partial charge in [0.15, 0.2) is 6.10 Å². The zero-order chi connectivity index (χ0) is 9.14. The molecule has 1 aliphatic heterocycles. The Hall–Kier alpha value is -1.10. The van der Waals surface area contributed by atoms with Gasteiger partial charge in [-0.15, -0.1) is 0 Å². The van der Waals surface area contributed by atoms with Crippen LogP contribution < -0.4 is 5.32 Å². The van der Waals surface area contributed by atoms with Gasteiger partial charge in [-0.1, -0.05) is 0 Å². The summed E-state index contributed by atoms with van der Waals surface area (Å²) in [5.74, 6) is -1.25. The number of carboxylic acids is 1. The summed E-state index contributed by atoms with van der Waals surface area (Å²) in [6, 6.07) is 0. The second kappa shape index (κ2) is 3.53. The van der Waals surface area contributed by atoms with Crippen molar-refractivity contribution in [2.24, 2.45) is 0 Å². The molecule has 0 bridgehead atoms. The molecule has 0 radical (unpaired) electrons. The molecule has 5 nitrogen and oxygen atoms in total. The van der Waals surface area contributed by atoms with E-state index in [0.29, 0.717) is 12.8 Å². The second-order valence-corrected chi connectivity index (χ2v) is 2.64. The van der Waals surface area contributed by atoms with E-state index in [4.69, 9.17) is 9.84 Å². The molecule has 0 aromatic rings. The van der Waals surface area contributed by atoms with Gasteiger partial charge in [-0.05, 0) is 12.8 Å². The summed E-state index contributed by atoms with van der Waals surface area (Å²) in [5, 5.41) is 10.9. The molecule has 1 amide bonds. The van der Waals surface area contributed by atoms with Crippen molar-refractivity contribution in [1.82, 2.24) is 5.32 Å². The summed E-state index contributed by atoms with van der Waals surface area (Å²) in [5.41, 5.74) is 0. The summed E-state index contributed by atoms with van der Waals surface area (Å²) in [4.78, 5) is 21.4. The van der Waals surface area contributed by atoms with Gasteiger partial charge in [0.2, 0.25) is 5.91 Å². The molecule has 0 saturated carbocycles. The Morgan fingerprint density at radius 1 is 1.42 bits per heavy atom. The highest BCUT2D eigenvalue weighted by molar-refractivity contribution is 5.82. The molecule has 12 heavy (non-hydrogen) atoms. The van der Waals surface area contributed by atoms with E-state index in [1.165, 1.54) is 7.05 Å². The van der Waals surface area contributed by atoms with Crippen LogP contribution in [0.2, 0.25) is 0 Å². The second-order valence-electron chi connectivity index (χ2n) is 2.64. The summed E-state index contributed by atoms with van der Waals surface area (Å²) in [6.45, 7) is 0. The van der Waals surface area contributed by atoms with Crippen LogP contribution >= 0.6 is 0 Å². The fraction of sp³-hybridized carbons (Fsp3) is 0.714. The molecular weight excluding hydrogens is 162 g/mol. The highest BCUT2D eigenvalue weighted by Crippen LogP contribution is 2.19. The molecule has 1 saturated heterocycles. The minimum Gasteiger partial charge on any atom is -0.479 e. The van der Waals surface area contributed by atoms with E-state index in [9.17, 15) is 9.59 Å². The van der Waals surface area contributed by atoms with Crippen molar-refractivity contribution in [2.75, 3.05) is 7.05 Å². The number of hydrogen-bond acceptors (Lipinski definition) is 3. The van der Waals surface area contributed by atoms with Gasteiger partial charge < -0.3 is 15.2 Å². The normalized spacial score (nSPS) is 28.4. The number of carboxylic acid groups (broad SMARTS) is 1. The van der Waals surface area contributed by atoms with Crippen LogP contribution in [0.1, 0.15) is 12.8 Å². The molecule has 0 unspecified atom stereocenters. The van der Waals surface area contributed by atoms with E-state index in [1.807, 2.05) is 0 Å². The summed E-state index contributed by atoms with van der Waals surface area (Å²) in [6.07, 6.45) is -0.507. The quantitative estimate of drug-likeness (QED) is 0.582. The van der Waals surface area contributed by atoms with Crippen LogP contribution in [0, 0.1) is 0 Å². The first-order valence-corrected chi connectivity index (χ1v) is 3.75. The Labute approximate surface area is 69.7 Å². The van der Waals surface area contributed by atoms with Crippen LogP contribution in [0.15, 0.2) is 0 Å². The van der Waals surface area contributed by atoms with Crippen LogP contribution in [0.25, 0.3) is 0 Å². The summed E-state index contributed by atoms with van der Waals surface area (Å²) >= 11 is 0. The molecule has 1 heterocycles. The average molecular weight is 173 g/mol. The minimum absolute atomic E-state index is 0.251. The smallest absolute Gasteiger partial charge is 0.332 e. The van der Waals surface area contributed by atoms with Crippen LogP contribution in [-0.4, -0.2) is 36.2 Å². The predicted molar refractivity (Wildman–Crippen MR) is 39.6 cm³/mol. The molecule has 2 atom stereocenters. The van der Waals surface area contributed by atoms with Gasteiger partial charge in [0.1, 0.15) is 6.10 Å². The number of carbonyl (C=O) groups is 2. The lowest BCUT2D eigenvalue weighted by atomic mass is 10.2. The molecule has 0 aromatic carbocycles. The maximum atomic E-state index is 11.0. The van der Waals surface area contributed by atoms with Crippen LogP contribution in [0.5, 0.6) is 0 Å². The van der Waals surface area contributed by atoms with Crippen LogP contribution in [0.4, 0.5) is 0 Å². The van der Waals surface area contributed by atoms with E-state index in [-0.39, 0.29) is 5.91 Å². The lowest BCUT2D eigenvalue weighted by Crippen LogP contribution is -2.33. The fourth-order valence-corrected chi connectivity index (χ4v) is 1.17. The molecule has 0 spiro atoms. The van der Waals surface area contributed by atoms with Gasteiger partial charge in [0.25, 0.3) is 0 Å². The van der Waals surface area contributed by atoms with Gasteiger partial charge in [0, 0.05) is 7.05 Å². The Morgan fingerprint density at radius 2 is 2.00 bits per heavy atom. The number of carbonyl (C=O) groups excluding carboxylic acids is 1. The van der Waals surface area contributed by atoms with E-state index in [1.54, 1.807) is 0 Å². The number of rotatable bonds is 2. The molecule has 1 rings (SSSR count). The molecule has 0 aliphatic carbocycles. The highest BCUT2D eigenvalue weighted by atomic mass is 16.5. The van der Waals surface area contributed by atoms with Crippen LogP contribution in [-0.2, 0) is 14.3 Å². The van der Waals surface area contributed by atoms with Crippen molar-refractivity contribution < 1.29 is 19.4 Å². The van der Waals surface area contributed by atoms with Gasteiger partial charge in [-0.3, -0.25) is 4.79 Å². The largest absolute Gasteiger partial charge is 0.479 e. The van der Waals surface area contributed by atoms with E-state index < -0.39 is 18.2 Å². The lowest BCUT2D eigenvalue weighted by molar-refractivity contribution is -0.151. The van der Waals surface area contributed by atoms with Crippen molar-refractivity contribution in [3.8, 4) is 0 Å². The van der Waals surface area contributed by atoms with Crippen molar-refractivity contribution in [3.05, 3.63) is 0 Å². The number of nitrogens with one attached hydrogen (secondary N) is 1. The van der Waals surface area contributed by atoms with E-state index in [2.05, 4.69) is 5.32 Å². The first-order valence-electron chi connectivity index (χ1n) is 3.75. The van der Waals surface area contributed by atoms with E-state index >= 15 is 0 Å². The van der Waals surface area contributed by atoms with Crippen molar-refractivity contribution >= 4 is 11.9 Å². The minimum atomic E-state index is -0.999. The average Bonchev–Trinajstić information content (AvgIpc) is 2.51. The molecular formula is C7H11NO4. The monoisotopic (exact) mass is 173 g/mol.